The molecule has 0 fully saturated rings. The van der Waals surface area contributed by atoms with Crippen LogP contribution in [0.15, 0.2) is 36.5 Å². The quantitative estimate of drug-likeness (QED) is 0.711. The summed E-state index contributed by atoms with van der Waals surface area (Å²) in [6, 6.07) is 10.0. The third-order valence-corrected chi connectivity index (χ3v) is 3.72. The number of aromatic nitrogens is 2. The van der Waals surface area contributed by atoms with E-state index in [2.05, 4.69) is 35.1 Å². The number of fused-ring (bicyclic) bond motifs is 1. The molecule has 2 aromatic heterocycles. The summed E-state index contributed by atoms with van der Waals surface area (Å²) in [5, 5.41) is 0.989. The van der Waals surface area contributed by atoms with Crippen LogP contribution in [0.25, 0.3) is 20.8 Å². The Balaban J connectivity index is 2.22. The van der Waals surface area contributed by atoms with Crippen LogP contribution >= 0.6 is 11.3 Å². The Kier molecular flexibility index (Phi) is 2.30. The van der Waals surface area contributed by atoms with Crippen molar-refractivity contribution in [2.45, 2.75) is 6.92 Å². The van der Waals surface area contributed by atoms with E-state index in [9.17, 15) is 0 Å². The fourth-order valence-electron chi connectivity index (χ4n) is 1.79. The van der Waals surface area contributed by atoms with Crippen LogP contribution in [-0.2, 0) is 0 Å². The topological polar surface area (TPSA) is 51.8 Å². The van der Waals surface area contributed by atoms with Gasteiger partial charge in [-0.3, -0.25) is 0 Å². The van der Waals surface area contributed by atoms with Gasteiger partial charge in [0.25, 0.3) is 0 Å². The monoisotopic (exact) mass is 241 g/mol. The van der Waals surface area contributed by atoms with E-state index >= 15 is 0 Å². The second-order valence-electron chi connectivity index (χ2n) is 3.91. The Morgan fingerprint density at radius 3 is 2.88 bits per heavy atom. The van der Waals surface area contributed by atoms with Crippen molar-refractivity contribution in [3.63, 3.8) is 0 Å². The van der Waals surface area contributed by atoms with Gasteiger partial charge in [0.1, 0.15) is 10.8 Å². The van der Waals surface area contributed by atoms with Crippen molar-refractivity contribution in [3.05, 3.63) is 42.1 Å². The van der Waals surface area contributed by atoms with Crippen LogP contribution < -0.4 is 5.73 Å². The van der Waals surface area contributed by atoms with Gasteiger partial charge in [0, 0.05) is 11.8 Å². The van der Waals surface area contributed by atoms with Gasteiger partial charge in [0.15, 0.2) is 0 Å². The number of hydrogen-bond donors (Lipinski definition) is 1. The van der Waals surface area contributed by atoms with Crippen LogP contribution in [-0.4, -0.2) is 9.97 Å². The van der Waals surface area contributed by atoms with E-state index in [4.69, 9.17) is 5.73 Å². The largest absolute Gasteiger partial charge is 0.384 e. The Bertz CT molecular complexity index is 688. The lowest BCUT2D eigenvalue weighted by Gasteiger charge is -1.96. The maximum atomic E-state index is 5.69. The number of nitrogens with two attached hydrogens (primary N) is 1. The average molecular weight is 241 g/mol. The molecule has 0 atom stereocenters. The first-order valence-electron chi connectivity index (χ1n) is 5.32. The Morgan fingerprint density at radius 2 is 2.12 bits per heavy atom. The normalized spacial score (nSPS) is 10.9. The molecule has 2 N–H and O–H groups in total. The van der Waals surface area contributed by atoms with Crippen LogP contribution in [0.2, 0.25) is 0 Å². The van der Waals surface area contributed by atoms with Crippen LogP contribution in [0.1, 0.15) is 5.56 Å². The third kappa shape index (κ3) is 1.76. The lowest BCUT2D eigenvalue weighted by atomic mass is 10.2. The minimum absolute atomic E-state index is 0.526. The lowest BCUT2D eigenvalue weighted by Crippen LogP contribution is -1.88. The second-order valence-corrected chi connectivity index (χ2v) is 4.94. The van der Waals surface area contributed by atoms with Crippen molar-refractivity contribution in [2.75, 3.05) is 5.73 Å². The minimum atomic E-state index is 0.526. The van der Waals surface area contributed by atoms with Gasteiger partial charge < -0.3 is 5.73 Å². The number of para-hydroxylation sites is 1. The summed E-state index contributed by atoms with van der Waals surface area (Å²) >= 11 is 1.68. The summed E-state index contributed by atoms with van der Waals surface area (Å²) in [5.41, 5.74) is 8.98. The SMILES string of the molecule is Cc1cccc2sc(-c3ccnc(N)c3)nc12. The molecule has 0 unspecified atom stereocenters. The van der Waals surface area contributed by atoms with E-state index in [0.717, 1.165) is 16.1 Å². The number of aryl methyl sites for hydroxylation is 1. The highest BCUT2D eigenvalue weighted by atomic mass is 32.1. The van der Waals surface area contributed by atoms with E-state index in [1.54, 1.807) is 17.5 Å². The van der Waals surface area contributed by atoms with E-state index < -0.39 is 0 Å². The molecule has 3 nitrogen and oxygen atoms in total. The fraction of sp³-hybridized carbons (Fsp3) is 0.0769. The van der Waals surface area contributed by atoms with E-state index in [0.29, 0.717) is 5.82 Å². The number of nitrogen functional groups attached to an aromatic ring is 1. The second kappa shape index (κ2) is 3.82. The number of pyridine rings is 1. The third-order valence-electron chi connectivity index (χ3n) is 2.65. The van der Waals surface area contributed by atoms with E-state index in [-0.39, 0.29) is 0 Å². The van der Waals surface area contributed by atoms with Crippen molar-refractivity contribution < 1.29 is 0 Å². The minimum Gasteiger partial charge on any atom is -0.384 e. The van der Waals surface area contributed by atoms with Gasteiger partial charge in [0.05, 0.1) is 10.2 Å². The molecular formula is C13H11N3S. The highest BCUT2D eigenvalue weighted by Gasteiger charge is 2.07. The Labute approximate surface area is 103 Å². The molecule has 17 heavy (non-hydrogen) atoms. The van der Waals surface area contributed by atoms with Crippen LogP contribution in [0, 0.1) is 6.92 Å². The molecule has 0 saturated heterocycles. The molecule has 0 radical (unpaired) electrons. The van der Waals surface area contributed by atoms with Crippen LogP contribution in [0.4, 0.5) is 5.82 Å². The predicted octanol–water partition coefficient (Wildman–Crippen LogP) is 3.25. The van der Waals surface area contributed by atoms with Crippen LogP contribution in [0.3, 0.4) is 0 Å². The first-order valence-corrected chi connectivity index (χ1v) is 6.14. The molecule has 4 heteroatoms. The molecule has 0 aliphatic carbocycles. The number of anilines is 1. The Morgan fingerprint density at radius 1 is 1.24 bits per heavy atom. The summed E-state index contributed by atoms with van der Waals surface area (Å²) < 4.78 is 1.20. The highest BCUT2D eigenvalue weighted by molar-refractivity contribution is 7.21. The van der Waals surface area contributed by atoms with Gasteiger partial charge in [-0.05, 0) is 30.7 Å². The zero-order valence-corrected chi connectivity index (χ0v) is 10.2. The van der Waals surface area contributed by atoms with Crippen molar-refractivity contribution in [1.29, 1.82) is 0 Å². The molecule has 0 bridgehead atoms. The van der Waals surface area contributed by atoms with Crippen LogP contribution in [0.5, 0.6) is 0 Å². The summed E-state index contributed by atoms with van der Waals surface area (Å²) in [5.74, 6) is 0.526. The summed E-state index contributed by atoms with van der Waals surface area (Å²) in [6.07, 6.45) is 1.71. The van der Waals surface area contributed by atoms with Gasteiger partial charge in [-0.25, -0.2) is 9.97 Å². The van der Waals surface area contributed by atoms with Crippen molar-refractivity contribution in [1.82, 2.24) is 9.97 Å². The summed E-state index contributed by atoms with van der Waals surface area (Å²) in [4.78, 5) is 8.65. The molecule has 0 spiro atoms. The zero-order valence-electron chi connectivity index (χ0n) is 9.34. The van der Waals surface area contributed by atoms with Gasteiger partial charge in [0.2, 0.25) is 0 Å². The van der Waals surface area contributed by atoms with Crippen molar-refractivity contribution in [2.24, 2.45) is 0 Å². The maximum Gasteiger partial charge on any atom is 0.124 e. The molecule has 2 heterocycles. The number of rotatable bonds is 1. The first-order chi connectivity index (χ1) is 8.24. The molecule has 3 rings (SSSR count). The van der Waals surface area contributed by atoms with Gasteiger partial charge in [-0.1, -0.05) is 12.1 Å². The number of nitrogens with zero attached hydrogens (tertiary/aromatic N) is 2. The highest BCUT2D eigenvalue weighted by Crippen LogP contribution is 2.31. The zero-order chi connectivity index (χ0) is 11.8. The standard InChI is InChI=1S/C13H11N3S/c1-8-3-2-4-10-12(8)16-13(17-10)9-5-6-15-11(14)7-9/h2-7H,1H3,(H2,14,15). The molecule has 0 aliphatic heterocycles. The number of hydrogen-bond acceptors (Lipinski definition) is 4. The summed E-state index contributed by atoms with van der Waals surface area (Å²) in [7, 11) is 0. The van der Waals surface area contributed by atoms with E-state index in [1.165, 1.54) is 10.3 Å². The average Bonchev–Trinajstić information content (AvgIpc) is 2.74. The molecule has 3 aromatic rings. The first kappa shape index (κ1) is 10.2. The molecule has 1 aromatic carbocycles. The predicted molar refractivity (Wildman–Crippen MR) is 72.0 cm³/mol. The molecule has 0 saturated carbocycles. The maximum absolute atomic E-state index is 5.69. The number of thiazole rings is 1. The molecule has 0 amide bonds. The van der Waals surface area contributed by atoms with Crippen molar-refractivity contribution in [3.8, 4) is 10.6 Å². The smallest absolute Gasteiger partial charge is 0.124 e. The fourth-order valence-corrected chi connectivity index (χ4v) is 2.83. The molecular weight excluding hydrogens is 230 g/mol. The van der Waals surface area contributed by atoms with Crippen molar-refractivity contribution >= 4 is 27.4 Å². The molecule has 0 aliphatic rings. The number of benzene rings is 1. The Hall–Kier alpha value is -1.94. The van der Waals surface area contributed by atoms with E-state index in [1.807, 2.05) is 12.1 Å². The van der Waals surface area contributed by atoms with Gasteiger partial charge >= 0.3 is 0 Å². The summed E-state index contributed by atoms with van der Waals surface area (Å²) in [6.45, 7) is 2.08. The van der Waals surface area contributed by atoms with Gasteiger partial charge in [-0.2, -0.15) is 0 Å². The van der Waals surface area contributed by atoms with Gasteiger partial charge in [-0.15, -0.1) is 11.3 Å². The molecule has 84 valence electrons. The lowest BCUT2D eigenvalue weighted by molar-refractivity contribution is 1.33.